The summed E-state index contributed by atoms with van der Waals surface area (Å²) in [6, 6.07) is 18.6. The van der Waals surface area contributed by atoms with Crippen LogP contribution in [0.2, 0.25) is 0 Å². The Labute approximate surface area is 119 Å². The summed E-state index contributed by atoms with van der Waals surface area (Å²) in [6.45, 7) is 4.00. The Kier molecular flexibility index (Phi) is 6.35. The van der Waals surface area contributed by atoms with Crippen molar-refractivity contribution in [3.05, 3.63) is 65.7 Å². The molecule has 0 fully saturated rings. The van der Waals surface area contributed by atoms with E-state index in [1.54, 1.807) is 24.3 Å². The van der Waals surface area contributed by atoms with Gasteiger partial charge in [-0.1, -0.05) is 55.8 Å². The summed E-state index contributed by atoms with van der Waals surface area (Å²) >= 11 is 6.10. The molecule has 0 atom stereocenters. The van der Waals surface area contributed by atoms with Crippen LogP contribution in [0.15, 0.2) is 59.6 Å². The molecule has 0 saturated carbocycles. The Morgan fingerprint density at radius 1 is 1.00 bits per heavy atom. The fourth-order valence-corrected chi connectivity index (χ4v) is 1.59. The standard InChI is InChI=1S/C14H9ClN2.C2H6/c15-14(12-4-2-1-3-5-12)17-13-8-6-11(10-16)7-9-13;1-2/h1-9H;1-2H3. The number of rotatable bonds is 2. The minimum Gasteiger partial charge on any atom is -0.236 e. The van der Waals surface area contributed by atoms with Gasteiger partial charge in [0, 0.05) is 5.56 Å². The van der Waals surface area contributed by atoms with E-state index >= 15 is 0 Å². The third-order valence-corrected chi connectivity index (χ3v) is 2.54. The first-order valence-corrected chi connectivity index (χ1v) is 6.47. The highest BCUT2D eigenvalue weighted by Crippen LogP contribution is 2.16. The van der Waals surface area contributed by atoms with E-state index in [0.29, 0.717) is 10.7 Å². The Bertz CT molecular complexity index is 566. The average molecular weight is 271 g/mol. The lowest BCUT2D eigenvalue weighted by Crippen LogP contribution is -1.88. The van der Waals surface area contributed by atoms with Gasteiger partial charge in [0.2, 0.25) is 0 Å². The van der Waals surface area contributed by atoms with Crippen LogP contribution in [0, 0.1) is 11.3 Å². The van der Waals surface area contributed by atoms with Crippen molar-refractivity contribution in [2.24, 2.45) is 4.99 Å². The molecular formula is C16H15ClN2. The van der Waals surface area contributed by atoms with Crippen molar-refractivity contribution in [2.45, 2.75) is 13.8 Å². The quantitative estimate of drug-likeness (QED) is 0.715. The van der Waals surface area contributed by atoms with Crippen LogP contribution in [0.3, 0.4) is 0 Å². The molecule has 2 rings (SSSR count). The highest BCUT2D eigenvalue weighted by molar-refractivity contribution is 6.69. The normalized spacial score (nSPS) is 10.1. The fraction of sp³-hybridized carbons (Fsp3) is 0.125. The van der Waals surface area contributed by atoms with Crippen molar-refractivity contribution in [2.75, 3.05) is 0 Å². The lowest BCUT2D eigenvalue weighted by atomic mass is 10.2. The molecule has 0 aliphatic rings. The van der Waals surface area contributed by atoms with E-state index in [9.17, 15) is 0 Å². The van der Waals surface area contributed by atoms with Crippen LogP contribution in [0.4, 0.5) is 5.69 Å². The van der Waals surface area contributed by atoms with Gasteiger partial charge in [-0.25, -0.2) is 4.99 Å². The molecule has 0 N–H and O–H groups in total. The summed E-state index contributed by atoms with van der Waals surface area (Å²) in [4.78, 5) is 4.28. The second-order valence-corrected chi connectivity index (χ2v) is 3.79. The molecule has 2 aromatic rings. The van der Waals surface area contributed by atoms with Crippen LogP contribution in [-0.2, 0) is 0 Å². The van der Waals surface area contributed by atoms with Crippen molar-refractivity contribution in [1.82, 2.24) is 0 Å². The highest BCUT2D eigenvalue weighted by Gasteiger charge is 1.99. The molecule has 19 heavy (non-hydrogen) atoms. The molecule has 2 nitrogen and oxygen atoms in total. The predicted octanol–water partition coefficient (Wildman–Crippen LogP) is 4.90. The molecule has 0 unspecified atom stereocenters. The van der Waals surface area contributed by atoms with Crippen LogP contribution in [0.25, 0.3) is 0 Å². The summed E-state index contributed by atoms with van der Waals surface area (Å²) in [5.41, 5.74) is 2.22. The van der Waals surface area contributed by atoms with Crippen molar-refractivity contribution >= 4 is 22.5 Å². The lowest BCUT2D eigenvalue weighted by Gasteiger charge is -1.98. The summed E-state index contributed by atoms with van der Waals surface area (Å²) in [7, 11) is 0. The number of aliphatic imine (C=N–C) groups is 1. The smallest absolute Gasteiger partial charge is 0.136 e. The molecule has 0 saturated heterocycles. The van der Waals surface area contributed by atoms with E-state index in [1.165, 1.54) is 0 Å². The van der Waals surface area contributed by atoms with E-state index in [0.717, 1.165) is 11.3 Å². The molecular weight excluding hydrogens is 256 g/mol. The predicted molar refractivity (Wildman–Crippen MR) is 81.0 cm³/mol. The van der Waals surface area contributed by atoms with E-state index in [1.807, 2.05) is 44.2 Å². The summed E-state index contributed by atoms with van der Waals surface area (Å²) in [6.07, 6.45) is 0. The van der Waals surface area contributed by atoms with E-state index < -0.39 is 0 Å². The average Bonchev–Trinajstić information content (AvgIpc) is 2.51. The number of hydrogen-bond donors (Lipinski definition) is 0. The molecule has 0 amide bonds. The molecule has 0 bridgehead atoms. The Hall–Kier alpha value is -2.11. The minimum absolute atomic E-state index is 0.440. The zero-order valence-electron chi connectivity index (χ0n) is 11.0. The van der Waals surface area contributed by atoms with Gasteiger partial charge in [-0.05, 0) is 24.3 Å². The second-order valence-electron chi connectivity index (χ2n) is 3.43. The van der Waals surface area contributed by atoms with Gasteiger partial charge in [0.25, 0.3) is 0 Å². The molecule has 0 heterocycles. The van der Waals surface area contributed by atoms with Gasteiger partial charge in [0.1, 0.15) is 5.17 Å². The molecule has 96 valence electrons. The fourth-order valence-electron chi connectivity index (χ4n) is 1.36. The van der Waals surface area contributed by atoms with Crippen molar-refractivity contribution < 1.29 is 0 Å². The first kappa shape index (κ1) is 14.9. The van der Waals surface area contributed by atoms with Crippen LogP contribution in [0.1, 0.15) is 25.0 Å². The largest absolute Gasteiger partial charge is 0.236 e. The zero-order chi connectivity index (χ0) is 14.1. The van der Waals surface area contributed by atoms with Crippen LogP contribution >= 0.6 is 11.6 Å². The van der Waals surface area contributed by atoms with E-state index in [4.69, 9.17) is 16.9 Å². The maximum absolute atomic E-state index is 8.68. The van der Waals surface area contributed by atoms with Gasteiger partial charge in [-0.15, -0.1) is 0 Å². The lowest BCUT2D eigenvalue weighted by molar-refractivity contribution is 1.46. The van der Waals surface area contributed by atoms with Crippen molar-refractivity contribution in [3.8, 4) is 6.07 Å². The first-order valence-electron chi connectivity index (χ1n) is 6.09. The van der Waals surface area contributed by atoms with E-state index in [-0.39, 0.29) is 0 Å². The topological polar surface area (TPSA) is 36.1 Å². The number of benzene rings is 2. The number of hydrogen-bond acceptors (Lipinski definition) is 2. The van der Waals surface area contributed by atoms with Crippen LogP contribution in [0.5, 0.6) is 0 Å². The molecule has 0 aromatic heterocycles. The number of nitriles is 1. The molecule has 0 aliphatic heterocycles. The zero-order valence-corrected chi connectivity index (χ0v) is 11.7. The van der Waals surface area contributed by atoms with Gasteiger partial charge in [-0.3, -0.25) is 0 Å². The van der Waals surface area contributed by atoms with Gasteiger partial charge in [0.05, 0.1) is 17.3 Å². The summed E-state index contributed by atoms with van der Waals surface area (Å²) in [5.74, 6) is 0. The first-order chi connectivity index (χ1) is 9.29. The molecule has 3 heteroatoms. The maximum atomic E-state index is 8.68. The number of nitrogens with zero attached hydrogens (tertiary/aromatic N) is 2. The van der Waals surface area contributed by atoms with Crippen molar-refractivity contribution in [3.63, 3.8) is 0 Å². The summed E-state index contributed by atoms with van der Waals surface area (Å²) in [5, 5.41) is 9.12. The number of halogens is 1. The molecule has 0 aliphatic carbocycles. The van der Waals surface area contributed by atoms with Crippen LogP contribution in [-0.4, -0.2) is 5.17 Å². The van der Waals surface area contributed by atoms with Crippen molar-refractivity contribution in [1.29, 1.82) is 5.26 Å². The molecule has 0 radical (unpaired) electrons. The molecule has 2 aromatic carbocycles. The molecule has 0 spiro atoms. The Morgan fingerprint density at radius 2 is 1.58 bits per heavy atom. The third-order valence-electron chi connectivity index (χ3n) is 2.24. The second kappa shape index (κ2) is 8.07. The third kappa shape index (κ3) is 4.57. The van der Waals surface area contributed by atoms with Gasteiger partial charge >= 0.3 is 0 Å². The van der Waals surface area contributed by atoms with Gasteiger partial charge in [-0.2, -0.15) is 5.26 Å². The Balaban J connectivity index is 0.000000861. The van der Waals surface area contributed by atoms with Gasteiger partial charge in [0.15, 0.2) is 0 Å². The monoisotopic (exact) mass is 270 g/mol. The highest BCUT2D eigenvalue weighted by atomic mass is 35.5. The Morgan fingerprint density at radius 3 is 2.11 bits per heavy atom. The van der Waals surface area contributed by atoms with Gasteiger partial charge < -0.3 is 0 Å². The van der Waals surface area contributed by atoms with E-state index in [2.05, 4.69) is 11.1 Å². The van der Waals surface area contributed by atoms with Crippen LogP contribution < -0.4 is 0 Å². The minimum atomic E-state index is 0.440. The SMILES string of the molecule is CC.N#Cc1ccc(N=C(Cl)c2ccccc2)cc1. The summed E-state index contributed by atoms with van der Waals surface area (Å²) < 4.78 is 0. The maximum Gasteiger partial charge on any atom is 0.136 e.